The van der Waals surface area contributed by atoms with E-state index in [4.69, 9.17) is 4.74 Å². The molecule has 1 saturated carbocycles. The second-order valence-electron chi connectivity index (χ2n) is 8.79. The number of para-hydroxylation sites is 1. The average Bonchev–Trinajstić information content (AvgIpc) is 3.41. The lowest BCUT2D eigenvalue weighted by molar-refractivity contribution is -0.132. The Morgan fingerprint density at radius 1 is 1.10 bits per heavy atom. The maximum absolute atomic E-state index is 13.0. The van der Waals surface area contributed by atoms with Crippen molar-refractivity contribution in [2.45, 2.75) is 32.2 Å². The van der Waals surface area contributed by atoms with E-state index in [0.29, 0.717) is 50.8 Å². The van der Waals surface area contributed by atoms with Crippen LogP contribution in [0.25, 0.3) is 0 Å². The van der Waals surface area contributed by atoms with Crippen LogP contribution in [0.1, 0.15) is 40.7 Å². The van der Waals surface area contributed by atoms with Crippen molar-refractivity contribution in [3.05, 3.63) is 63.6 Å². The van der Waals surface area contributed by atoms with Crippen molar-refractivity contribution < 1.29 is 14.3 Å². The van der Waals surface area contributed by atoms with Gasteiger partial charge >= 0.3 is 0 Å². The van der Waals surface area contributed by atoms with Gasteiger partial charge in [-0.3, -0.25) is 14.4 Å². The number of likely N-dealkylation sites (tertiary alicyclic amines) is 1. The van der Waals surface area contributed by atoms with Crippen LogP contribution in [-0.2, 0) is 17.8 Å². The number of aromatic nitrogens is 1. The standard InChI is InChI=1S/C24H27N3O4/c28-21(7-4-10-31-19-5-2-1-3-6-19)26-9-8-20-18(15-26)12-25-23(29)22(20)24(30)27-13-16-11-17(16)14-27/h1-3,5-6,12,16-17H,4,7-11,13-15H2,(H,25,29)/t16-,17+. The van der Waals surface area contributed by atoms with Gasteiger partial charge in [-0.2, -0.15) is 0 Å². The zero-order chi connectivity index (χ0) is 21.4. The third kappa shape index (κ3) is 4.09. The van der Waals surface area contributed by atoms with Crippen molar-refractivity contribution >= 4 is 11.8 Å². The van der Waals surface area contributed by atoms with E-state index in [2.05, 4.69) is 4.98 Å². The van der Waals surface area contributed by atoms with Gasteiger partial charge in [0.1, 0.15) is 11.3 Å². The van der Waals surface area contributed by atoms with Crippen LogP contribution in [0.4, 0.5) is 0 Å². The number of ether oxygens (including phenoxy) is 1. The number of rotatable bonds is 6. The van der Waals surface area contributed by atoms with Gasteiger partial charge < -0.3 is 19.5 Å². The fraction of sp³-hybridized carbons (Fsp3) is 0.458. The van der Waals surface area contributed by atoms with E-state index in [1.807, 2.05) is 40.1 Å². The number of fused-ring (bicyclic) bond motifs is 2. The molecule has 3 heterocycles. The first-order valence-corrected chi connectivity index (χ1v) is 11.1. The predicted octanol–water partition coefficient (Wildman–Crippen LogP) is 2.21. The number of benzene rings is 1. The van der Waals surface area contributed by atoms with Crippen molar-refractivity contribution in [1.29, 1.82) is 0 Å². The Morgan fingerprint density at radius 3 is 2.65 bits per heavy atom. The van der Waals surface area contributed by atoms with Crippen LogP contribution in [0.15, 0.2) is 41.3 Å². The van der Waals surface area contributed by atoms with Gasteiger partial charge in [-0.15, -0.1) is 0 Å². The number of nitrogens with one attached hydrogen (secondary N) is 1. The zero-order valence-corrected chi connectivity index (χ0v) is 17.5. The summed E-state index contributed by atoms with van der Waals surface area (Å²) in [6.07, 6.45) is 4.46. The number of nitrogens with zero attached hydrogens (tertiary/aromatic N) is 2. The van der Waals surface area contributed by atoms with Crippen LogP contribution < -0.4 is 10.3 Å². The molecule has 1 saturated heterocycles. The Morgan fingerprint density at radius 2 is 1.87 bits per heavy atom. The highest BCUT2D eigenvalue weighted by molar-refractivity contribution is 5.96. The van der Waals surface area contributed by atoms with Gasteiger partial charge in [0.05, 0.1) is 6.61 Å². The van der Waals surface area contributed by atoms with E-state index in [-0.39, 0.29) is 22.9 Å². The summed E-state index contributed by atoms with van der Waals surface area (Å²) in [5.41, 5.74) is 1.64. The van der Waals surface area contributed by atoms with Crippen molar-refractivity contribution in [2.24, 2.45) is 11.8 Å². The Labute approximate surface area is 181 Å². The lowest BCUT2D eigenvalue weighted by atomic mass is 9.95. The van der Waals surface area contributed by atoms with Crippen LogP contribution in [-0.4, -0.2) is 52.8 Å². The Balaban J connectivity index is 1.20. The maximum Gasteiger partial charge on any atom is 0.261 e. The SMILES string of the molecule is O=C(CCCOc1ccccc1)N1CCc2c(c[nH]c(=O)c2C(=O)N2C[C@H]3C[C@H]3C2)C1. The lowest BCUT2D eigenvalue weighted by Crippen LogP contribution is -2.40. The summed E-state index contributed by atoms with van der Waals surface area (Å²) in [4.78, 5) is 44.6. The normalized spacial score (nSPS) is 21.4. The second kappa shape index (κ2) is 8.21. The van der Waals surface area contributed by atoms with Gasteiger partial charge in [-0.25, -0.2) is 0 Å². The molecule has 1 aliphatic carbocycles. The van der Waals surface area contributed by atoms with E-state index in [1.165, 1.54) is 6.42 Å². The largest absolute Gasteiger partial charge is 0.494 e. The number of aromatic amines is 1. The third-order valence-electron chi connectivity index (χ3n) is 6.67. The number of H-pyrrole nitrogens is 1. The summed E-state index contributed by atoms with van der Waals surface area (Å²) < 4.78 is 5.66. The van der Waals surface area contributed by atoms with E-state index in [0.717, 1.165) is 30.0 Å². The van der Waals surface area contributed by atoms with Gasteiger partial charge in [0.25, 0.3) is 11.5 Å². The lowest BCUT2D eigenvalue weighted by Gasteiger charge is -2.30. The molecule has 1 aromatic heterocycles. The van der Waals surface area contributed by atoms with Gasteiger partial charge in [0.2, 0.25) is 5.91 Å². The molecule has 7 heteroatoms. The number of hydrogen-bond acceptors (Lipinski definition) is 4. The molecule has 5 rings (SSSR count). The average molecular weight is 421 g/mol. The molecule has 31 heavy (non-hydrogen) atoms. The van der Waals surface area contributed by atoms with Crippen molar-refractivity contribution in [2.75, 3.05) is 26.2 Å². The summed E-state index contributed by atoms with van der Waals surface area (Å²) in [6, 6.07) is 9.57. The molecular formula is C24H27N3O4. The van der Waals surface area contributed by atoms with E-state index in [1.54, 1.807) is 6.20 Å². The van der Waals surface area contributed by atoms with Crippen molar-refractivity contribution in [3.63, 3.8) is 0 Å². The summed E-state index contributed by atoms with van der Waals surface area (Å²) >= 11 is 0. The topological polar surface area (TPSA) is 82.7 Å². The van der Waals surface area contributed by atoms with Crippen molar-refractivity contribution in [3.8, 4) is 5.75 Å². The highest BCUT2D eigenvalue weighted by Crippen LogP contribution is 2.45. The quantitative estimate of drug-likeness (QED) is 0.725. The van der Waals surface area contributed by atoms with Gasteiger partial charge in [-0.05, 0) is 54.4 Å². The van der Waals surface area contributed by atoms with E-state index < -0.39 is 0 Å². The summed E-state index contributed by atoms with van der Waals surface area (Å²) in [5.74, 6) is 1.98. The summed E-state index contributed by atoms with van der Waals surface area (Å²) in [6.45, 7) is 2.98. The maximum atomic E-state index is 13.0. The number of hydrogen-bond donors (Lipinski definition) is 1. The molecule has 7 nitrogen and oxygen atoms in total. The van der Waals surface area contributed by atoms with E-state index in [9.17, 15) is 14.4 Å². The molecule has 0 radical (unpaired) electrons. The minimum Gasteiger partial charge on any atom is -0.494 e. The number of amides is 2. The first-order chi connectivity index (χ1) is 15.1. The molecule has 0 bridgehead atoms. The molecular weight excluding hydrogens is 394 g/mol. The van der Waals surface area contributed by atoms with Crippen LogP contribution in [0, 0.1) is 11.8 Å². The monoisotopic (exact) mass is 421 g/mol. The molecule has 162 valence electrons. The van der Waals surface area contributed by atoms with Gasteiger partial charge in [0, 0.05) is 38.8 Å². The van der Waals surface area contributed by atoms with Crippen LogP contribution in [0.3, 0.4) is 0 Å². The van der Waals surface area contributed by atoms with Gasteiger partial charge in [-0.1, -0.05) is 18.2 Å². The smallest absolute Gasteiger partial charge is 0.261 e. The Kier molecular flexibility index (Phi) is 5.26. The minimum absolute atomic E-state index is 0.0704. The fourth-order valence-electron chi connectivity index (χ4n) is 4.82. The molecule has 2 amide bonds. The van der Waals surface area contributed by atoms with Crippen LogP contribution in [0.5, 0.6) is 5.75 Å². The molecule has 2 atom stereocenters. The number of carbonyl (C=O) groups excluding carboxylic acids is 2. The molecule has 1 N–H and O–H groups in total. The molecule has 3 aliphatic rings. The minimum atomic E-state index is -0.317. The zero-order valence-electron chi connectivity index (χ0n) is 17.5. The molecule has 2 aliphatic heterocycles. The second-order valence-corrected chi connectivity index (χ2v) is 8.79. The highest BCUT2D eigenvalue weighted by atomic mass is 16.5. The number of carbonyl (C=O) groups is 2. The van der Waals surface area contributed by atoms with E-state index >= 15 is 0 Å². The summed E-state index contributed by atoms with van der Waals surface area (Å²) in [5, 5.41) is 0. The van der Waals surface area contributed by atoms with Crippen LogP contribution in [0.2, 0.25) is 0 Å². The third-order valence-corrected chi connectivity index (χ3v) is 6.67. The fourth-order valence-corrected chi connectivity index (χ4v) is 4.82. The number of piperidine rings is 1. The first-order valence-electron chi connectivity index (χ1n) is 11.1. The predicted molar refractivity (Wildman–Crippen MR) is 115 cm³/mol. The summed E-state index contributed by atoms with van der Waals surface area (Å²) in [7, 11) is 0. The van der Waals surface area contributed by atoms with Crippen molar-refractivity contribution in [1.82, 2.24) is 14.8 Å². The number of pyridine rings is 1. The molecule has 2 fully saturated rings. The molecule has 0 unspecified atom stereocenters. The molecule has 2 aromatic rings. The first kappa shape index (κ1) is 19.8. The molecule has 1 aromatic carbocycles. The Bertz CT molecular complexity index is 1040. The Hall–Kier alpha value is -3.09. The van der Waals surface area contributed by atoms with Gasteiger partial charge in [0.15, 0.2) is 0 Å². The molecule has 0 spiro atoms. The van der Waals surface area contributed by atoms with Crippen LogP contribution >= 0.6 is 0 Å². The highest BCUT2D eigenvalue weighted by Gasteiger charge is 2.47.